The van der Waals surface area contributed by atoms with Crippen LogP contribution >= 0.6 is 23.4 Å². The van der Waals surface area contributed by atoms with Crippen LogP contribution in [0.15, 0.2) is 60.0 Å². The Morgan fingerprint density at radius 2 is 2.07 bits per heavy atom. The van der Waals surface area contributed by atoms with Gasteiger partial charge in [0.2, 0.25) is 0 Å². The summed E-state index contributed by atoms with van der Waals surface area (Å²) in [6, 6.07) is 15.6. The summed E-state index contributed by atoms with van der Waals surface area (Å²) in [5, 5.41) is 10.6. The molecule has 4 rings (SSSR count). The number of aromatic amines is 1. The van der Waals surface area contributed by atoms with Crippen molar-refractivity contribution in [3.05, 3.63) is 76.7 Å². The maximum absolute atomic E-state index is 12.8. The third-order valence-corrected chi connectivity index (χ3v) is 6.18. The van der Waals surface area contributed by atoms with Gasteiger partial charge < -0.3 is 9.55 Å². The second-order valence-corrected chi connectivity index (χ2v) is 8.43. The molecular formula is C21H19ClN4OS. The number of nitrogens with one attached hydrogen (secondary N) is 1. The topological polar surface area (TPSA) is 63.6 Å². The molecule has 0 bridgehead atoms. The Balaban J connectivity index is 1.51. The summed E-state index contributed by atoms with van der Waals surface area (Å²) in [7, 11) is 1.93. The molecule has 4 aromatic rings. The molecule has 142 valence electrons. The van der Waals surface area contributed by atoms with Crippen molar-refractivity contribution < 1.29 is 4.79 Å². The molecule has 1 atom stereocenters. The van der Waals surface area contributed by atoms with Gasteiger partial charge in [0.15, 0.2) is 10.9 Å². The first-order chi connectivity index (χ1) is 13.5. The van der Waals surface area contributed by atoms with Gasteiger partial charge in [0.05, 0.1) is 5.69 Å². The Bertz CT molecular complexity index is 1150. The summed E-state index contributed by atoms with van der Waals surface area (Å²) in [6.07, 6.45) is 2.02. The molecule has 5 nitrogen and oxygen atoms in total. The van der Waals surface area contributed by atoms with Gasteiger partial charge in [-0.05, 0) is 36.2 Å². The minimum atomic E-state index is 0.0398. The summed E-state index contributed by atoms with van der Waals surface area (Å²) in [4.78, 5) is 15.9. The number of benzene rings is 2. The second kappa shape index (κ2) is 7.81. The number of fused-ring (bicyclic) bond motifs is 1. The van der Waals surface area contributed by atoms with Crippen molar-refractivity contribution in [1.82, 2.24) is 19.7 Å². The van der Waals surface area contributed by atoms with Crippen LogP contribution in [0, 0.1) is 0 Å². The molecule has 0 aliphatic carbocycles. The molecule has 0 fully saturated rings. The van der Waals surface area contributed by atoms with E-state index < -0.39 is 0 Å². The summed E-state index contributed by atoms with van der Waals surface area (Å²) >= 11 is 7.86. The van der Waals surface area contributed by atoms with Gasteiger partial charge in [-0.15, -0.1) is 10.2 Å². The van der Waals surface area contributed by atoms with E-state index in [2.05, 4.69) is 34.2 Å². The van der Waals surface area contributed by atoms with Crippen LogP contribution in [0.2, 0.25) is 5.02 Å². The molecule has 0 aliphatic rings. The molecule has 2 heterocycles. The maximum Gasteiger partial charge on any atom is 0.191 e. The summed E-state index contributed by atoms with van der Waals surface area (Å²) in [6.45, 7) is 2.12. The van der Waals surface area contributed by atoms with Crippen LogP contribution in [0.1, 0.15) is 33.8 Å². The largest absolute Gasteiger partial charge is 0.352 e. The minimum Gasteiger partial charge on any atom is -0.352 e. The summed E-state index contributed by atoms with van der Waals surface area (Å²) in [5.41, 5.74) is 3.59. The Kier molecular flexibility index (Phi) is 5.24. The molecule has 1 N–H and O–H groups in total. The predicted octanol–water partition coefficient (Wildman–Crippen LogP) is 5.23. The molecule has 0 unspecified atom stereocenters. The van der Waals surface area contributed by atoms with Crippen molar-refractivity contribution in [3.63, 3.8) is 0 Å². The molecule has 0 saturated heterocycles. The SMILES string of the molecule is C[C@H](Sc1nncn1C)c1cccc(CC(=O)c2cc3c(Cl)cccc3[nH]2)c1. The zero-order valence-electron chi connectivity index (χ0n) is 15.5. The van der Waals surface area contributed by atoms with E-state index >= 15 is 0 Å². The summed E-state index contributed by atoms with van der Waals surface area (Å²) < 4.78 is 1.90. The highest BCUT2D eigenvalue weighted by molar-refractivity contribution is 7.99. The maximum atomic E-state index is 12.8. The van der Waals surface area contributed by atoms with Gasteiger partial charge in [-0.25, -0.2) is 0 Å². The Labute approximate surface area is 172 Å². The molecule has 0 radical (unpaired) electrons. The van der Waals surface area contributed by atoms with E-state index in [1.165, 1.54) is 0 Å². The lowest BCUT2D eigenvalue weighted by Crippen LogP contribution is -2.04. The Morgan fingerprint density at radius 1 is 1.25 bits per heavy atom. The van der Waals surface area contributed by atoms with Crippen molar-refractivity contribution in [2.75, 3.05) is 0 Å². The van der Waals surface area contributed by atoms with E-state index in [1.54, 1.807) is 18.1 Å². The number of H-pyrrole nitrogens is 1. The Morgan fingerprint density at radius 3 is 2.82 bits per heavy atom. The van der Waals surface area contributed by atoms with E-state index in [1.807, 2.05) is 48.0 Å². The van der Waals surface area contributed by atoms with Crippen LogP contribution in [-0.2, 0) is 13.5 Å². The van der Waals surface area contributed by atoms with Crippen molar-refractivity contribution in [3.8, 4) is 0 Å². The zero-order valence-corrected chi connectivity index (χ0v) is 17.1. The lowest BCUT2D eigenvalue weighted by Gasteiger charge is -2.12. The number of hydrogen-bond acceptors (Lipinski definition) is 4. The number of nitrogens with zero attached hydrogens (tertiary/aromatic N) is 3. The van der Waals surface area contributed by atoms with Crippen molar-refractivity contribution in [2.24, 2.45) is 7.05 Å². The van der Waals surface area contributed by atoms with E-state index in [4.69, 9.17) is 11.6 Å². The number of aryl methyl sites for hydroxylation is 1. The van der Waals surface area contributed by atoms with E-state index in [9.17, 15) is 4.79 Å². The second-order valence-electron chi connectivity index (χ2n) is 6.71. The molecule has 0 saturated carbocycles. The molecule has 0 spiro atoms. The molecule has 2 aromatic heterocycles. The first kappa shape index (κ1) is 18.8. The Hall–Kier alpha value is -2.57. The average molecular weight is 411 g/mol. The van der Waals surface area contributed by atoms with E-state index in [0.29, 0.717) is 17.1 Å². The third kappa shape index (κ3) is 3.84. The quantitative estimate of drug-likeness (QED) is 0.349. The number of carbonyl (C=O) groups excluding carboxylic acids is 1. The standard InChI is InChI=1S/C21H19ClN4OS/c1-13(28-21-25-23-12-26(21)2)15-6-3-5-14(9-15)10-20(27)19-11-16-17(22)7-4-8-18(16)24-19/h3-9,11-13,24H,10H2,1-2H3/t13-/m0/s1. The molecule has 7 heteroatoms. The van der Waals surface area contributed by atoms with Gasteiger partial charge in [0.1, 0.15) is 6.33 Å². The number of Topliss-reactive ketones (excluding diaryl/α,β-unsaturated/α-hetero) is 1. The van der Waals surface area contributed by atoms with Crippen LogP contribution in [0.3, 0.4) is 0 Å². The summed E-state index contributed by atoms with van der Waals surface area (Å²) in [5.74, 6) is 0.0398. The van der Waals surface area contributed by atoms with Crippen LogP contribution in [-0.4, -0.2) is 25.5 Å². The number of rotatable bonds is 6. The van der Waals surface area contributed by atoms with Crippen LogP contribution in [0.25, 0.3) is 10.9 Å². The number of carbonyl (C=O) groups is 1. The molecule has 0 amide bonds. The van der Waals surface area contributed by atoms with Gasteiger partial charge in [0, 0.05) is 34.6 Å². The normalized spacial score (nSPS) is 12.4. The molecule has 0 aliphatic heterocycles. The average Bonchev–Trinajstić information content (AvgIpc) is 3.29. The number of thioether (sulfide) groups is 1. The zero-order chi connectivity index (χ0) is 19.7. The molecular weight excluding hydrogens is 392 g/mol. The first-order valence-corrected chi connectivity index (χ1v) is 10.2. The highest BCUT2D eigenvalue weighted by atomic mass is 35.5. The minimum absolute atomic E-state index is 0.0398. The van der Waals surface area contributed by atoms with E-state index in [-0.39, 0.29) is 11.0 Å². The van der Waals surface area contributed by atoms with Gasteiger partial charge in [-0.3, -0.25) is 4.79 Å². The van der Waals surface area contributed by atoms with Crippen LogP contribution in [0.4, 0.5) is 0 Å². The van der Waals surface area contributed by atoms with Gasteiger partial charge >= 0.3 is 0 Å². The van der Waals surface area contributed by atoms with Gasteiger partial charge in [-0.2, -0.15) is 0 Å². The van der Waals surface area contributed by atoms with Crippen LogP contribution < -0.4 is 0 Å². The predicted molar refractivity (Wildman–Crippen MR) is 113 cm³/mol. The van der Waals surface area contributed by atoms with E-state index in [0.717, 1.165) is 27.2 Å². The number of hydrogen-bond donors (Lipinski definition) is 1. The smallest absolute Gasteiger partial charge is 0.191 e. The van der Waals surface area contributed by atoms with Crippen LogP contribution in [0.5, 0.6) is 0 Å². The van der Waals surface area contributed by atoms with Crippen molar-refractivity contribution in [1.29, 1.82) is 0 Å². The lowest BCUT2D eigenvalue weighted by molar-refractivity contribution is 0.0989. The van der Waals surface area contributed by atoms with Gasteiger partial charge in [-0.1, -0.05) is 53.7 Å². The highest BCUT2D eigenvalue weighted by Gasteiger charge is 2.15. The van der Waals surface area contributed by atoms with Crippen molar-refractivity contribution in [2.45, 2.75) is 23.8 Å². The highest BCUT2D eigenvalue weighted by Crippen LogP contribution is 2.33. The number of halogens is 1. The number of ketones is 1. The van der Waals surface area contributed by atoms with Crippen molar-refractivity contribution >= 4 is 40.0 Å². The first-order valence-electron chi connectivity index (χ1n) is 8.91. The lowest BCUT2D eigenvalue weighted by atomic mass is 10.0. The number of aromatic nitrogens is 4. The fraction of sp³-hybridized carbons (Fsp3) is 0.190. The fourth-order valence-corrected chi connectivity index (χ4v) is 4.25. The molecule has 2 aromatic carbocycles. The molecule has 28 heavy (non-hydrogen) atoms. The fourth-order valence-electron chi connectivity index (χ4n) is 3.11. The third-order valence-electron chi connectivity index (χ3n) is 4.65. The monoisotopic (exact) mass is 410 g/mol. The van der Waals surface area contributed by atoms with Gasteiger partial charge in [0.25, 0.3) is 0 Å².